The fraction of sp³-hybridized carbons (Fsp3) is 0.813. The van der Waals surface area contributed by atoms with Crippen LogP contribution in [0.25, 0.3) is 0 Å². The third-order valence-electron chi connectivity index (χ3n) is 20.8. The summed E-state index contributed by atoms with van der Waals surface area (Å²) in [6, 6.07) is -9.93. The Kier molecular flexibility index (Phi) is 36.7. The Morgan fingerprint density at radius 3 is 1.53 bits per heavy atom. The fourth-order valence-electron chi connectivity index (χ4n) is 14.0. The zero-order chi connectivity index (χ0) is 76.1. The summed E-state index contributed by atoms with van der Waals surface area (Å²) in [6.45, 7) is 31.8. The van der Waals surface area contributed by atoms with E-state index in [1.54, 1.807) is 87.3 Å². The SMILES string of the molecule is C/C=C/C[C@@H](C)[C@@H](O)[C@H]1C(=O)N[C@@H](CC)C(=O)N(C)[C@H](C)C(=O)N(C)[C@@H]([C@H](C)CCCOC(=O)N(C)C2CCN(C)CC2)C(=O)C[C@@H](C(C)C)C(=O)N(C)[C@@H](CC(C)C)C(=O)C[C@@H](C)C(=O)C[C@H](C)C(=O)N(C)[C@@H](CC(C)C)C(=O)N(C)[C@@H](CC(C)C)C(=O)N(C)[C@@H](C(C)C)C(=O)N1C. The number of aliphatic hydroxyl groups excluding tert-OH is 1. The average molecular weight is 1400 g/mol. The third kappa shape index (κ3) is 24.7. The summed E-state index contributed by atoms with van der Waals surface area (Å²) in [7, 11) is 13.9. The van der Waals surface area contributed by atoms with E-state index < -0.39 is 155 Å². The summed E-state index contributed by atoms with van der Waals surface area (Å²) >= 11 is 0. The number of nitrogens with one attached hydrogen (secondary N) is 1. The number of carbonyl (C=O) groups is 12. The van der Waals surface area contributed by atoms with Gasteiger partial charge in [-0.25, -0.2) is 4.79 Å². The number of nitrogens with zero attached hydrogens (tertiary/aromatic N) is 9. The molecule has 2 N–H and O–H groups in total. The van der Waals surface area contributed by atoms with Gasteiger partial charge in [0, 0.05) is 99.4 Å². The standard InChI is InChI=1S/C75H132N10O14/c1-27-29-31-50(14)66(89)65-67(90)76-56(28-2)71(94)78(19)53(17)69(92)84(25)64(49(13)32-30-37-99-75(98)79(20)54-33-35-77(18)36-34-54)62(88)43-55(47(9)10)70(93)80(21)57(38-44(3)4)61(87)41-51(15)60(86)42-52(16)68(91)81(22)58(39-45(5)6)72(95)82(23)59(40-46(7)8)73(96)83(24)63(48(11)12)74(97)85(65)26/h27,29,44-59,63-66,89H,28,30-43H2,1-26H3,(H,76,90)/b29-27+/t49-,50-,51-,52+,53-,55+,56+,57+,58+,59+,63+,64+,65+,66-/m1/s1. The van der Waals surface area contributed by atoms with Gasteiger partial charge in [0.25, 0.3) is 0 Å². The molecule has 0 aromatic rings. The van der Waals surface area contributed by atoms with E-state index in [1.807, 2.05) is 54.7 Å². The minimum absolute atomic E-state index is 0.00699. The second kappa shape index (κ2) is 41.0. The van der Waals surface area contributed by atoms with E-state index in [9.17, 15) is 29.1 Å². The third-order valence-corrected chi connectivity index (χ3v) is 20.8. The Balaban J connectivity index is 3.01. The number of aliphatic hydroxyl groups is 1. The quantitative estimate of drug-likeness (QED) is 0.0938. The van der Waals surface area contributed by atoms with Crippen molar-refractivity contribution in [1.82, 2.24) is 49.4 Å². The van der Waals surface area contributed by atoms with Crippen LogP contribution in [0.4, 0.5) is 4.79 Å². The van der Waals surface area contributed by atoms with Crippen LogP contribution in [0.5, 0.6) is 0 Å². The maximum Gasteiger partial charge on any atom is 0.409 e. The largest absolute Gasteiger partial charge is 0.449 e. The van der Waals surface area contributed by atoms with Crippen LogP contribution >= 0.6 is 0 Å². The van der Waals surface area contributed by atoms with Gasteiger partial charge in [0.05, 0.1) is 24.8 Å². The molecule has 24 heteroatoms. The van der Waals surface area contributed by atoms with Gasteiger partial charge in [0.2, 0.25) is 47.3 Å². The van der Waals surface area contributed by atoms with E-state index in [4.69, 9.17) is 4.74 Å². The van der Waals surface area contributed by atoms with Crippen LogP contribution in [0.15, 0.2) is 12.2 Å². The molecular formula is C75H132N10O14. The average Bonchev–Trinajstić information content (AvgIpc) is 0.809. The molecule has 0 radical (unpaired) electrons. The molecule has 2 fully saturated rings. The summed E-state index contributed by atoms with van der Waals surface area (Å²) < 4.78 is 5.76. The van der Waals surface area contributed by atoms with Gasteiger partial charge < -0.3 is 59.3 Å². The molecule has 2 saturated heterocycles. The van der Waals surface area contributed by atoms with E-state index in [0.29, 0.717) is 12.8 Å². The first kappa shape index (κ1) is 88.8. The number of piperidine rings is 1. The Morgan fingerprint density at radius 1 is 0.556 bits per heavy atom. The first-order valence-electron chi connectivity index (χ1n) is 36.6. The van der Waals surface area contributed by atoms with Gasteiger partial charge in [-0.2, -0.15) is 0 Å². The highest BCUT2D eigenvalue weighted by atomic mass is 16.6. The Hall–Kier alpha value is -6.30. The van der Waals surface area contributed by atoms with Crippen molar-refractivity contribution in [2.75, 3.05) is 83.1 Å². The highest BCUT2D eigenvalue weighted by Crippen LogP contribution is 2.31. The van der Waals surface area contributed by atoms with Crippen LogP contribution in [-0.2, 0) is 57.5 Å². The molecule has 0 bridgehead atoms. The number of ether oxygens (including phenoxy) is 1. The molecule has 2 aliphatic heterocycles. The van der Waals surface area contributed by atoms with Gasteiger partial charge in [-0.05, 0) is 133 Å². The lowest BCUT2D eigenvalue weighted by Crippen LogP contribution is -2.63. The van der Waals surface area contributed by atoms with E-state index in [2.05, 4.69) is 10.2 Å². The Labute approximate surface area is 594 Å². The second-order valence-electron chi connectivity index (χ2n) is 31.1. The lowest BCUT2D eigenvalue weighted by molar-refractivity contribution is -0.157. The number of amides is 9. The zero-order valence-corrected chi connectivity index (χ0v) is 65.6. The van der Waals surface area contributed by atoms with Crippen molar-refractivity contribution in [2.24, 2.45) is 59.2 Å². The summed E-state index contributed by atoms with van der Waals surface area (Å²) in [5.41, 5.74) is 0. The number of ketones is 3. The minimum Gasteiger partial charge on any atom is -0.449 e. The number of carbonyl (C=O) groups excluding carboxylic acids is 12. The molecule has 14 atom stereocenters. The molecule has 0 unspecified atom stereocenters. The maximum absolute atomic E-state index is 15.3. The van der Waals surface area contributed by atoms with Gasteiger partial charge in [0.15, 0.2) is 11.6 Å². The fourth-order valence-corrected chi connectivity index (χ4v) is 14.0. The first-order valence-corrected chi connectivity index (χ1v) is 36.6. The number of hydrogen-bond donors (Lipinski definition) is 2. The minimum atomic E-state index is -1.64. The van der Waals surface area contributed by atoms with Crippen molar-refractivity contribution >= 4 is 70.7 Å². The molecule has 0 saturated carbocycles. The van der Waals surface area contributed by atoms with Crippen LogP contribution in [-0.4, -0.2) is 264 Å². The molecule has 9 amide bonds. The Bertz CT molecular complexity index is 2750. The number of hydrogen-bond acceptors (Lipinski definition) is 15. The number of rotatable bonds is 19. The highest BCUT2D eigenvalue weighted by molar-refractivity contribution is 6.00. The van der Waals surface area contributed by atoms with Crippen LogP contribution in [0.1, 0.15) is 195 Å². The van der Waals surface area contributed by atoms with Gasteiger partial charge >= 0.3 is 6.09 Å². The first-order chi connectivity index (χ1) is 45.9. The molecule has 2 aliphatic rings. The normalized spacial score (nSPS) is 27.3. The predicted molar refractivity (Wildman–Crippen MR) is 385 cm³/mol. The molecule has 0 aliphatic carbocycles. The van der Waals surface area contributed by atoms with Crippen LogP contribution < -0.4 is 5.32 Å². The van der Waals surface area contributed by atoms with E-state index in [1.165, 1.54) is 85.7 Å². The topological polar surface area (TPSA) is 275 Å². The number of allylic oxidation sites excluding steroid dienone is 2. The summed E-state index contributed by atoms with van der Waals surface area (Å²) in [4.78, 5) is 191. The van der Waals surface area contributed by atoms with Gasteiger partial charge in [-0.3, -0.25) is 52.7 Å². The van der Waals surface area contributed by atoms with Gasteiger partial charge in [-0.1, -0.05) is 116 Å². The molecule has 2 heterocycles. The van der Waals surface area contributed by atoms with Crippen LogP contribution in [0.2, 0.25) is 0 Å². The molecular weight excluding hydrogens is 1260 g/mol. The van der Waals surface area contributed by atoms with Crippen LogP contribution in [0.3, 0.4) is 0 Å². The van der Waals surface area contributed by atoms with Gasteiger partial charge in [-0.15, -0.1) is 0 Å². The molecule has 0 spiro atoms. The summed E-state index contributed by atoms with van der Waals surface area (Å²) in [5, 5.41) is 15.1. The van der Waals surface area contributed by atoms with Crippen molar-refractivity contribution in [3.8, 4) is 0 Å². The molecule has 99 heavy (non-hydrogen) atoms. The lowest BCUT2D eigenvalue weighted by Gasteiger charge is -2.41. The zero-order valence-electron chi connectivity index (χ0n) is 65.6. The van der Waals surface area contributed by atoms with E-state index >= 15 is 33.6 Å². The number of likely N-dealkylation sites (N-methyl/N-ethyl adjacent to an activating group) is 7. The van der Waals surface area contributed by atoms with E-state index in [0.717, 1.165) is 30.8 Å². The second-order valence-corrected chi connectivity index (χ2v) is 31.1. The van der Waals surface area contributed by atoms with E-state index in [-0.39, 0.29) is 93.3 Å². The van der Waals surface area contributed by atoms with Crippen molar-refractivity contribution < 1.29 is 67.4 Å². The molecule has 0 aromatic carbocycles. The van der Waals surface area contributed by atoms with Crippen molar-refractivity contribution in [3.63, 3.8) is 0 Å². The van der Waals surface area contributed by atoms with Crippen molar-refractivity contribution in [2.45, 2.75) is 255 Å². The number of Topliss-reactive ketones (excluding diaryl/α,β-unsaturated/α-hetero) is 3. The number of likely N-dealkylation sites (tertiary alicyclic amines) is 1. The molecule has 566 valence electrons. The summed E-state index contributed by atoms with van der Waals surface area (Å²) in [6.07, 6.45) is 3.76. The van der Waals surface area contributed by atoms with Crippen molar-refractivity contribution in [1.29, 1.82) is 0 Å². The smallest absolute Gasteiger partial charge is 0.409 e. The molecule has 24 nitrogen and oxygen atoms in total. The maximum atomic E-state index is 15.3. The van der Waals surface area contributed by atoms with Crippen molar-refractivity contribution in [3.05, 3.63) is 12.2 Å². The molecule has 2 rings (SSSR count). The predicted octanol–water partition coefficient (Wildman–Crippen LogP) is 7.46. The molecule has 0 aromatic heterocycles. The summed E-state index contributed by atoms with van der Waals surface area (Å²) in [5.74, 6) is -11.9. The monoisotopic (exact) mass is 1400 g/mol. The Morgan fingerprint density at radius 2 is 1.03 bits per heavy atom. The lowest BCUT2D eigenvalue weighted by atomic mass is 9.82. The highest BCUT2D eigenvalue weighted by Gasteiger charge is 2.47. The van der Waals surface area contributed by atoms with Gasteiger partial charge in [0.1, 0.15) is 42.0 Å². The van der Waals surface area contributed by atoms with Crippen LogP contribution in [0, 0.1) is 59.2 Å².